The second kappa shape index (κ2) is 4.94. The molecule has 0 radical (unpaired) electrons. The summed E-state index contributed by atoms with van der Waals surface area (Å²) in [6, 6.07) is 3.04. The summed E-state index contributed by atoms with van der Waals surface area (Å²) >= 11 is 5.78. The summed E-state index contributed by atoms with van der Waals surface area (Å²) in [6.45, 7) is 0. The van der Waals surface area contributed by atoms with Gasteiger partial charge in [-0.25, -0.2) is 0 Å². The highest BCUT2D eigenvalue weighted by atomic mass is 35.5. The molecule has 1 aliphatic rings. The summed E-state index contributed by atoms with van der Waals surface area (Å²) in [5.74, 6) is -1.28. The van der Waals surface area contributed by atoms with Gasteiger partial charge in [0.15, 0.2) is 0 Å². The molecule has 2 rings (SSSR count). The van der Waals surface area contributed by atoms with Crippen LogP contribution in [-0.4, -0.2) is 27.5 Å². The lowest BCUT2D eigenvalue weighted by Gasteiger charge is -2.41. The average Bonchev–Trinajstić information content (AvgIpc) is 2.25. The van der Waals surface area contributed by atoms with Crippen LogP contribution in [0.5, 0.6) is 0 Å². The van der Waals surface area contributed by atoms with Crippen LogP contribution in [0.3, 0.4) is 0 Å². The lowest BCUT2D eigenvalue weighted by atomic mass is 9.74. The first-order chi connectivity index (χ1) is 8.51. The molecule has 0 aromatic carbocycles. The van der Waals surface area contributed by atoms with Gasteiger partial charge in [0.1, 0.15) is 5.69 Å². The third-order valence-corrected chi connectivity index (χ3v) is 3.37. The van der Waals surface area contributed by atoms with Crippen LogP contribution in [0.25, 0.3) is 0 Å². The maximum atomic E-state index is 12.0. The first-order valence-electron chi connectivity index (χ1n) is 5.67. The third kappa shape index (κ3) is 2.79. The smallest absolute Gasteiger partial charge is 0.305 e. The molecule has 0 saturated heterocycles. The van der Waals surface area contributed by atoms with Crippen molar-refractivity contribution in [3.63, 3.8) is 0 Å². The molecule has 0 spiro atoms. The molecule has 0 bridgehead atoms. The van der Waals surface area contributed by atoms with Crippen LogP contribution < -0.4 is 5.32 Å². The molecule has 1 aliphatic carbocycles. The van der Waals surface area contributed by atoms with Crippen molar-refractivity contribution in [3.8, 4) is 0 Å². The molecule has 1 aromatic rings. The fraction of sp³-hybridized carbons (Fsp3) is 0.417. The standard InChI is InChI=1S/C12H13ClN2O3/c13-8-2-5-14-9(6-8)11(18)15-12(3-1-4-12)7-10(16)17/h2,5-6H,1,3-4,7H2,(H,15,18)(H,16,17). The zero-order valence-electron chi connectivity index (χ0n) is 9.65. The van der Waals surface area contributed by atoms with E-state index in [1.54, 1.807) is 6.07 Å². The number of amides is 1. The number of hydrogen-bond acceptors (Lipinski definition) is 3. The van der Waals surface area contributed by atoms with Gasteiger partial charge < -0.3 is 10.4 Å². The number of nitrogens with one attached hydrogen (secondary N) is 1. The van der Waals surface area contributed by atoms with Gasteiger partial charge in [0.25, 0.3) is 5.91 Å². The van der Waals surface area contributed by atoms with Crippen molar-refractivity contribution in [1.29, 1.82) is 0 Å². The maximum Gasteiger partial charge on any atom is 0.305 e. The van der Waals surface area contributed by atoms with E-state index in [-0.39, 0.29) is 18.0 Å². The highest BCUT2D eigenvalue weighted by Gasteiger charge is 2.40. The molecule has 5 nitrogen and oxygen atoms in total. The summed E-state index contributed by atoms with van der Waals surface area (Å²) < 4.78 is 0. The van der Waals surface area contributed by atoms with Crippen LogP contribution in [0.2, 0.25) is 5.02 Å². The number of carbonyl (C=O) groups excluding carboxylic acids is 1. The normalized spacial score (nSPS) is 16.7. The molecule has 0 unspecified atom stereocenters. The van der Waals surface area contributed by atoms with E-state index < -0.39 is 11.5 Å². The Morgan fingerprint density at radius 1 is 1.50 bits per heavy atom. The summed E-state index contributed by atoms with van der Waals surface area (Å²) in [4.78, 5) is 26.7. The summed E-state index contributed by atoms with van der Waals surface area (Å²) in [6.07, 6.45) is 3.69. The van der Waals surface area contributed by atoms with Crippen LogP contribution in [0.4, 0.5) is 0 Å². The van der Waals surface area contributed by atoms with Gasteiger partial charge in [-0.1, -0.05) is 11.6 Å². The monoisotopic (exact) mass is 268 g/mol. The van der Waals surface area contributed by atoms with Gasteiger partial charge in [0.2, 0.25) is 0 Å². The Balaban J connectivity index is 2.08. The minimum absolute atomic E-state index is 0.0562. The van der Waals surface area contributed by atoms with E-state index in [4.69, 9.17) is 16.7 Å². The van der Waals surface area contributed by atoms with Gasteiger partial charge in [-0.2, -0.15) is 0 Å². The van der Waals surface area contributed by atoms with Gasteiger partial charge in [-0.05, 0) is 31.4 Å². The first kappa shape index (κ1) is 12.8. The minimum atomic E-state index is -0.908. The Labute approximate surface area is 109 Å². The lowest BCUT2D eigenvalue weighted by Crippen LogP contribution is -2.54. The minimum Gasteiger partial charge on any atom is -0.481 e. The van der Waals surface area contributed by atoms with Crippen LogP contribution >= 0.6 is 11.6 Å². The van der Waals surface area contributed by atoms with E-state index in [2.05, 4.69) is 10.3 Å². The second-order valence-electron chi connectivity index (χ2n) is 4.52. The number of rotatable bonds is 4. The van der Waals surface area contributed by atoms with Crippen LogP contribution in [-0.2, 0) is 4.79 Å². The molecule has 1 aromatic heterocycles. The van der Waals surface area contributed by atoms with Crippen molar-refractivity contribution in [2.45, 2.75) is 31.2 Å². The topological polar surface area (TPSA) is 79.3 Å². The van der Waals surface area contributed by atoms with E-state index in [0.717, 1.165) is 6.42 Å². The van der Waals surface area contributed by atoms with E-state index in [9.17, 15) is 9.59 Å². The van der Waals surface area contributed by atoms with Crippen molar-refractivity contribution < 1.29 is 14.7 Å². The summed E-state index contributed by atoms with van der Waals surface area (Å²) in [5.41, 5.74) is -0.411. The van der Waals surface area contributed by atoms with Crippen LogP contribution in [0.15, 0.2) is 18.3 Å². The Morgan fingerprint density at radius 2 is 2.22 bits per heavy atom. The van der Waals surface area contributed by atoms with E-state index in [1.807, 2.05) is 0 Å². The Bertz CT molecular complexity index is 486. The zero-order valence-corrected chi connectivity index (χ0v) is 10.4. The SMILES string of the molecule is O=C(O)CC1(NC(=O)c2cc(Cl)ccn2)CCC1. The number of hydrogen-bond donors (Lipinski definition) is 2. The Hall–Kier alpha value is -1.62. The predicted octanol–water partition coefficient (Wildman–Crippen LogP) is 1.86. The lowest BCUT2D eigenvalue weighted by molar-refractivity contribution is -0.139. The predicted molar refractivity (Wildman–Crippen MR) is 65.5 cm³/mol. The molecular formula is C12H13ClN2O3. The number of halogens is 1. The molecule has 1 saturated carbocycles. The Morgan fingerprint density at radius 3 is 2.72 bits per heavy atom. The first-order valence-corrected chi connectivity index (χ1v) is 6.04. The molecule has 1 amide bonds. The number of nitrogens with zero attached hydrogens (tertiary/aromatic N) is 1. The third-order valence-electron chi connectivity index (χ3n) is 3.13. The van der Waals surface area contributed by atoms with Gasteiger partial charge in [-0.3, -0.25) is 14.6 Å². The van der Waals surface area contributed by atoms with Crippen LogP contribution in [0, 0.1) is 0 Å². The quantitative estimate of drug-likeness (QED) is 0.874. The molecule has 0 atom stereocenters. The number of carboxylic acid groups (broad SMARTS) is 1. The van der Waals surface area contributed by atoms with E-state index in [1.165, 1.54) is 12.3 Å². The number of pyridine rings is 1. The summed E-state index contributed by atoms with van der Waals surface area (Å²) in [7, 11) is 0. The maximum absolute atomic E-state index is 12.0. The molecular weight excluding hydrogens is 256 g/mol. The number of aliphatic carboxylic acids is 1. The number of carbonyl (C=O) groups is 2. The van der Waals surface area contributed by atoms with Crippen molar-refractivity contribution in [3.05, 3.63) is 29.0 Å². The molecule has 1 heterocycles. The molecule has 6 heteroatoms. The molecule has 0 aliphatic heterocycles. The summed E-state index contributed by atoms with van der Waals surface area (Å²) in [5, 5.41) is 12.0. The van der Waals surface area contributed by atoms with Gasteiger partial charge in [-0.15, -0.1) is 0 Å². The highest BCUT2D eigenvalue weighted by molar-refractivity contribution is 6.30. The number of carboxylic acids is 1. The Kier molecular flexibility index (Phi) is 3.52. The largest absolute Gasteiger partial charge is 0.481 e. The van der Waals surface area contributed by atoms with E-state index in [0.29, 0.717) is 17.9 Å². The fourth-order valence-electron chi connectivity index (χ4n) is 2.07. The van der Waals surface area contributed by atoms with Crippen LogP contribution in [0.1, 0.15) is 36.2 Å². The molecule has 2 N–H and O–H groups in total. The van der Waals surface area contributed by atoms with Gasteiger partial charge in [0, 0.05) is 11.2 Å². The van der Waals surface area contributed by atoms with E-state index >= 15 is 0 Å². The fourth-order valence-corrected chi connectivity index (χ4v) is 2.23. The highest BCUT2D eigenvalue weighted by Crippen LogP contribution is 2.35. The van der Waals surface area contributed by atoms with Gasteiger partial charge in [0.05, 0.1) is 12.0 Å². The average molecular weight is 269 g/mol. The molecule has 1 fully saturated rings. The van der Waals surface area contributed by atoms with Gasteiger partial charge >= 0.3 is 5.97 Å². The van der Waals surface area contributed by atoms with Crippen molar-refractivity contribution in [2.24, 2.45) is 0 Å². The molecule has 96 valence electrons. The zero-order chi connectivity index (χ0) is 13.2. The number of aromatic nitrogens is 1. The molecule has 18 heavy (non-hydrogen) atoms. The van der Waals surface area contributed by atoms with Crippen molar-refractivity contribution in [2.75, 3.05) is 0 Å². The van der Waals surface area contributed by atoms with Crippen molar-refractivity contribution >= 4 is 23.5 Å². The second-order valence-corrected chi connectivity index (χ2v) is 4.95. The van der Waals surface area contributed by atoms with Crippen molar-refractivity contribution in [1.82, 2.24) is 10.3 Å².